The van der Waals surface area contributed by atoms with E-state index in [2.05, 4.69) is 20.6 Å². The number of hydrogen-bond acceptors (Lipinski definition) is 18. The Morgan fingerprint density at radius 3 is 1.12 bits per heavy atom. The van der Waals surface area contributed by atoms with Crippen molar-refractivity contribution in [1.82, 2.24) is 19.9 Å². The van der Waals surface area contributed by atoms with E-state index in [0.29, 0.717) is 89.6 Å². The summed E-state index contributed by atoms with van der Waals surface area (Å²) in [5.41, 5.74) is 23.2. The molecular formula is C62H62N8O14. The van der Waals surface area contributed by atoms with Gasteiger partial charge in [0.15, 0.2) is 0 Å². The van der Waals surface area contributed by atoms with E-state index in [1.165, 1.54) is 0 Å². The second kappa shape index (κ2) is 24.0. The number of fused-ring (bicyclic) bond motifs is 8. The summed E-state index contributed by atoms with van der Waals surface area (Å²) in [6.45, 7) is 1.94. The number of nitrogens with zero attached hydrogens (tertiary/aromatic N) is 2. The lowest BCUT2D eigenvalue weighted by Crippen LogP contribution is -2.60. The fraction of sp³-hybridized carbons (Fsp3) is 0.258. The minimum atomic E-state index is -1.65. The summed E-state index contributed by atoms with van der Waals surface area (Å²) < 4.78 is 23.3. The molecule has 11 rings (SSSR count). The summed E-state index contributed by atoms with van der Waals surface area (Å²) in [6.07, 6.45) is -7.30. The van der Waals surface area contributed by atoms with Crippen molar-refractivity contribution in [2.75, 3.05) is 23.8 Å². The van der Waals surface area contributed by atoms with Gasteiger partial charge in [-0.15, -0.1) is 0 Å². The number of anilines is 2. The number of nitrogens with one attached hydrogen (secondary N) is 4. The first kappa shape index (κ1) is 57.4. The van der Waals surface area contributed by atoms with Crippen LogP contribution in [0, 0.1) is 0 Å². The number of aromatic nitrogens is 4. The van der Waals surface area contributed by atoms with Crippen LogP contribution in [0.15, 0.2) is 121 Å². The predicted octanol–water partition coefficient (Wildman–Crippen LogP) is 4.25. The minimum Gasteiger partial charge on any atom is -0.462 e. The van der Waals surface area contributed by atoms with Crippen LogP contribution in [0.4, 0.5) is 11.4 Å². The number of ether oxygens (including phenoxy) is 4. The van der Waals surface area contributed by atoms with E-state index >= 15 is 0 Å². The van der Waals surface area contributed by atoms with Crippen LogP contribution in [0.1, 0.15) is 36.6 Å². The normalized spacial score (nSPS) is 23.6. The van der Waals surface area contributed by atoms with E-state index in [4.69, 9.17) is 40.4 Å². The minimum absolute atomic E-state index is 0.242. The van der Waals surface area contributed by atoms with Crippen molar-refractivity contribution < 1.29 is 69.4 Å². The molecule has 2 fully saturated rings. The first-order chi connectivity index (χ1) is 40.5. The quantitative estimate of drug-likeness (QED) is 0.0723. The Hall–Kier alpha value is -8.46. The Bertz CT molecular complexity index is 3810. The third-order valence-electron chi connectivity index (χ3n) is 15.0. The number of aromatic amines is 2. The number of nitrogens with two attached hydrogens (primary N) is 2. The highest BCUT2D eigenvalue weighted by atomic mass is 16.7. The van der Waals surface area contributed by atoms with Crippen LogP contribution < -0.4 is 31.6 Å². The summed E-state index contributed by atoms with van der Waals surface area (Å²) in [7, 11) is 0. The number of H-pyrrole nitrogens is 2. The Balaban J connectivity index is 1.12. The van der Waals surface area contributed by atoms with Crippen LogP contribution in [0.5, 0.6) is 11.5 Å². The van der Waals surface area contributed by atoms with Gasteiger partial charge in [-0.3, -0.25) is 9.59 Å². The molecule has 7 aromatic rings. The molecule has 22 heteroatoms. The number of carbonyl (C=O) groups excluding carboxylic acids is 2. The van der Waals surface area contributed by atoms with Gasteiger partial charge in [-0.25, -0.2) is 9.97 Å². The largest absolute Gasteiger partial charge is 0.462 e. The number of carbonyl (C=O) groups is 2. The maximum absolute atomic E-state index is 12.7. The molecule has 2 saturated heterocycles. The third kappa shape index (κ3) is 11.5. The number of hydrogen-bond donors (Lipinski definition) is 14. The van der Waals surface area contributed by atoms with E-state index in [1.54, 1.807) is 86.6 Å². The van der Waals surface area contributed by atoms with E-state index in [1.807, 2.05) is 72.8 Å². The summed E-state index contributed by atoms with van der Waals surface area (Å²) in [5, 5.41) is 88.7. The Labute approximate surface area is 480 Å². The van der Waals surface area contributed by atoms with Gasteiger partial charge >= 0.3 is 0 Å². The molecule has 2 amide bonds. The van der Waals surface area contributed by atoms with Crippen molar-refractivity contribution in [3.63, 3.8) is 0 Å². The zero-order valence-electron chi connectivity index (χ0n) is 45.3. The maximum Gasteiger partial charge on any atom is 0.240 e. The zero-order valence-corrected chi connectivity index (χ0v) is 45.3. The van der Waals surface area contributed by atoms with Crippen molar-refractivity contribution in [3.8, 4) is 56.0 Å². The molecule has 3 aromatic heterocycles. The first-order valence-corrected chi connectivity index (χ1v) is 27.1. The number of amides is 2. The SMILES string of the molecule is C[C@H](N)C(=O)Nc1ccc(-c2c3nc(c(-c4ccc(NC(=O)[C@H](C)N)cc4)c4ccc([nH]4)c(-c4ccc(O[C@@H]5O[C@H](CO)[C@@H](O)[C@H](O)[C@H]5O)cc4)c4ccc([nH]4)c(-c4ccc(O[C@@H]5O[C@H](CO)[C@@H](O)[C@H](O)[C@H]5O)cc4)c4nc2C=C4)C=C3)cc1. The van der Waals surface area contributed by atoms with Gasteiger partial charge in [0.25, 0.3) is 0 Å². The Morgan fingerprint density at radius 2 is 0.774 bits per heavy atom. The van der Waals surface area contributed by atoms with Crippen LogP contribution in [0.25, 0.3) is 90.9 Å². The van der Waals surface area contributed by atoms with Crippen LogP contribution in [0.3, 0.4) is 0 Å². The number of benzene rings is 4. The topological polar surface area (TPSA) is 366 Å². The molecule has 4 aliphatic rings. The highest BCUT2D eigenvalue weighted by Gasteiger charge is 2.46. The highest BCUT2D eigenvalue weighted by Crippen LogP contribution is 2.40. The van der Waals surface area contributed by atoms with Gasteiger partial charge in [0.1, 0.15) is 60.3 Å². The molecule has 0 saturated carbocycles. The van der Waals surface area contributed by atoms with Gasteiger partial charge < -0.3 is 91.9 Å². The number of aliphatic hydroxyl groups is 8. The maximum atomic E-state index is 12.7. The van der Waals surface area contributed by atoms with E-state index in [0.717, 1.165) is 11.1 Å². The standard InChI is InChI=1S/C62H62N8O14/c1-29(63)59(79)65-35-11-3-31(4-12-35)49-39-19-20-40(67-39)50(32-5-13-36(14-6-32)66-60(80)30(2)64)42-22-24-44(69-42)52(34-9-17-38(18-10-34)82-62-58(78)56(76)54(74)48(28-72)84-62)46-26-25-45(70-46)51(43-23-21-41(49)68-43)33-7-15-37(16-8-33)81-61-57(77)55(75)53(73)47(27-71)83-61/h3-26,29-30,47-48,53-58,61-62,68,70-78H,27-28,63-64H2,1-2H3,(H,65,79)(H,66,80)/t29-,30-,47+,48+,53+,54+,55-,56-,57+,58+,61+,62+/m0/s1. The molecule has 12 atom stereocenters. The molecular weight excluding hydrogens is 1080 g/mol. The predicted molar refractivity (Wildman–Crippen MR) is 314 cm³/mol. The average Bonchev–Trinajstić information content (AvgIpc) is 4.05. The smallest absolute Gasteiger partial charge is 0.240 e. The fourth-order valence-electron chi connectivity index (χ4n) is 10.4. The van der Waals surface area contributed by atoms with Gasteiger partial charge in [-0.05, 0) is 133 Å². The van der Waals surface area contributed by atoms with E-state index in [9.17, 15) is 50.4 Å². The molecule has 22 nitrogen and oxygen atoms in total. The van der Waals surface area contributed by atoms with Crippen molar-refractivity contribution in [2.45, 2.75) is 87.3 Å². The lowest BCUT2D eigenvalue weighted by atomic mass is 9.99. The lowest BCUT2D eigenvalue weighted by Gasteiger charge is -2.39. The molecule has 0 radical (unpaired) electrons. The zero-order chi connectivity index (χ0) is 59.1. The van der Waals surface area contributed by atoms with Crippen molar-refractivity contribution in [3.05, 3.63) is 144 Å². The first-order valence-electron chi connectivity index (χ1n) is 27.1. The van der Waals surface area contributed by atoms with E-state index < -0.39 is 86.7 Å². The molecule has 0 spiro atoms. The monoisotopic (exact) mass is 1140 g/mol. The second-order valence-corrected chi connectivity index (χ2v) is 20.9. The highest BCUT2D eigenvalue weighted by molar-refractivity contribution is 6.01. The van der Waals surface area contributed by atoms with Gasteiger partial charge in [0.05, 0.1) is 48.1 Å². The second-order valence-electron chi connectivity index (χ2n) is 20.9. The van der Waals surface area contributed by atoms with Gasteiger partial charge in [-0.1, -0.05) is 48.5 Å². The van der Waals surface area contributed by atoms with Crippen molar-refractivity contribution in [1.29, 1.82) is 0 Å². The molecule has 4 aromatic carbocycles. The van der Waals surface area contributed by atoms with Crippen LogP contribution in [0.2, 0.25) is 0 Å². The van der Waals surface area contributed by atoms with Crippen LogP contribution in [-0.2, 0) is 19.1 Å². The summed E-state index contributed by atoms with van der Waals surface area (Å²) in [5.74, 6) is -0.208. The molecule has 434 valence electrons. The Morgan fingerprint density at radius 1 is 0.464 bits per heavy atom. The van der Waals surface area contributed by atoms with Gasteiger partial charge in [0, 0.05) is 55.7 Å². The molecule has 0 unspecified atom stereocenters. The van der Waals surface area contributed by atoms with Crippen LogP contribution >= 0.6 is 0 Å². The molecule has 16 N–H and O–H groups in total. The van der Waals surface area contributed by atoms with Crippen molar-refractivity contribution >= 4 is 69.6 Å². The van der Waals surface area contributed by atoms with Gasteiger partial charge in [0.2, 0.25) is 24.4 Å². The molecule has 4 aliphatic heterocycles. The molecule has 7 heterocycles. The molecule has 0 aliphatic carbocycles. The van der Waals surface area contributed by atoms with Crippen LogP contribution in [-0.4, -0.2) is 159 Å². The Kier molecular flexibility index (Phi) is 16.4. The third-order valence-corrected chi connectivity index (χ3v) is 15.0. The van der Waals surface area contributed by atoms with E-state index in [-0.39, 0.29) is 23.3 Å². The fourth-order valence-corrected chi connectivity index (χ4v) is 10.4. The summed E-state index contributed by atoms with van der Waals surface area (Å²) in [6, 6.07) is 34.7. The average molecular weight is 1140 g/mol. The molecule has 84 heavy (non-hydrogen) atoms. The summed E-state index contributed by atoms with van der Waals surface area (Å²) >= 11 is 0. The summed E-state index contributed by atoms with van der Waals surface area (Å²) in [4.78, 5) is 43.4. The number of rotatable bonds is 14. The van der Waals surface area contributed by atoms with Crippen molar-refractivity contribution in [2.24, 2.45) is 11.5 Å². The number of aliphatic hydroxyl groups excluding tert-OH is 8. The van der Waals surface area contributed by atoms with Gasteiger partial charge in [-0.2, -0.15) is 0 Å². The lowest BCUT2D eigenvalue weighted by molar-refractivity contribution is -0.277. The molecule has 8 bridgehead atoms.